The Morgan fingerprint density at radius 1 is 1.14 bits per heavy atom. The van der Waals surface area contributed by atoms with Gasteiger partial charge in [0.15, 0.2) is 17.3 Å². The van der Waals surface area contributed by atoms with Crippen LogP contribution in [0.3, 0.4) is 0 Å². The minimum absolute atomic E-state index is 0.00668. The van der Waals surface area contributed by atoms with Crippen molar-refractivity contribution in [1.82, 2.24) is 14.3 Å². The van der Waals surface area contributed by atoms with Crippen LogP contribution in [0.2, 0.25) is 0 Å². The number of hydrogen-bond acceptors (Lipinski definition) is 7. The zero-order chi connectivity index (χ0) is 26.0. The topological polar surface area (TPSA) is 103 Å². The molecular weight excluding hydrogens is 462 g/mol. The van der Waals surface area contributed by atoms with E-state index >= 15 is 0 Å². The minimum atomic E-state index is -0.822. The fourth-order valence-corrected chi connectivity index (χ4v) is 4.64. The molecule has 1 aliphatic rings. The number of hydrogen-bond donors (Lipinski definition) is 1. The summed E-state index contributed by atoms with van der Waals surface area (Å²) in [5.41, 5.74) is 3.14. The summed E-state index contributed by atoms with van der Waals surface area (Å²) in [6, 6.07) is 8.25. The molecule has 2 aromatic heterocycles. The van der Waals surface area contributed by atoms with Gasteiger partial charge in [-0.2, -0.15) is 0 Å². The zero-order valence-electron chi connectivity index (χ0n) is 21.2. The SMILES string of the molecule is CCOc1ccc(C2C(=C(O)c3nc4c(C)cccn4c3C)C(=O)C(=O)N2CCCOC)cc1OC. The number of pyridine rings is 1. The highest BCUT2D eigenvalue weighted by Crippen LogP contribution is 2.42. The lowest BCUT2D eigenvalue weighted by atomic mass is 9.96. The number of methoxy groups -OCH3 is 2. The number of aryl methyl sites for hydroxylation is 2. The summed E-state index contributed by atoms with van der Waals surface area (Å²) in [5, 5.41) is 11.5. The van der Waals surface area contributed by atoms with Crippen LogP contribution in [0.5, 0.6) is 11.5 Å². The second kappa shape index (κ2) is 10.4. The summed E-state index contributed by atoms with van der Waals surface area (Å²) in [4.78, 5) is 32.6. The Hall–Kier alpha value is -3.85. The standard InChI is InChI=1S/C27H31N3O6/c1-6-36-19-11-10-18(15-20(19)35-5)23-21(25(32)27(33)30(23)13-8-14-34-4)24(31)22-17(3)29-12-7-9-16(2)26(29)28-22/h7,9-12,15,23,31H,6,8,13-14H2,1-5H3. The van der Waals surface area contributed by atoms with Gasteiger partial charge in [-0.15, -0.1) is 0 Å². The van der Waals surface area contributed by atoms with Crippen LogP contribution in [-0.2, 0) is 14.3 Å². The Labute approximate surface area is 209 Å². The zero-order valence-corrected chi connectivity index (χ0v) is 21.2. The highest BCUT2D eigenvalue weighted by atomic mass is 16.5. The summed E-state index contributed by atoms with van der Waals surface area (Å²) in [5.74, 6) is -0.719. The molecule has 9 nitrogen and oxygen atoms in total. The Balaban J connectivity index is 1.91. The maximum atomic E-state index is 13.3. The van der Waals surface area contributed by atoms with Crippen molar-refractivity contribution in [3.05, 3.63) is 64.6 Å². The van der Waals surface area contributed by atoms with Gasteiger partial charge in [-0.1, -0.05) is 12.1 Å². The first kappa shape index (κ1) is 25.2. The fraction of sp³-hybridized carbons (Fsp3) is 0.370. The van der Waals surface area contributed by atoms with E-state index in [0.717, 1.165) is 5.56 Å². The van der Waals surface area contributed by atoms with Gasteiger partial charge in [-0.25, -0.2) is 4.98 Å². The lowest BCUT2D eigenvalue weighted by Gasteiger charge is -2.26. The summed E-state index contributed by atoms with van der Waals surface area (Å²) >= 11 is 0. The van der Waals surface area contributed by atoms with Gasteiger partial charge in [-0.3, -0.25) is 9.59 Å². The summed E-state index contributed by atoms with van der Waals surface area (Å²) in [6.45, 7) is 6.77. The van der Waals surface area contributed by atoms with Gasteiger partial charge in [0, 0.05) is 26.5 Å². The van der Waals surface area contributed by atoms with Crippen LogP contribution >= 0.6 is 0 Å². The number of ether oxygens (including phenoxy) is 3. The molecule has 1 unspecified atom stereocenters. The number of carbonyl (C=O) groups is 2. The van der Waals surface area contributed by atoms with Crippen LogP contribution in [-0.4, -0.2) is 65.1 Å². The molecule has 1 amide bonds. The van der Waals surface area contributed by atoms with Crippen molar-refractivity contribution in [3.8, 4) is 11.5 Å². The average Bonchev–Trinajstić information content (AvgIpc) is 3.34. The van der Waals surface area contributed by atoms with E-state index in [1.807, 2.05) is 43.5 Å². The molecule has 0 bridgehead atoms. The van der Waals surface area contributed by atoms with Crippen LogP contribution < -0.4 is 9.47 Å². The molecule has 3 heterocycles. The molecule has 4 rings (SSSR count). The molecule has 1 fully saturated rings. The predicted molar refractivity (Wildman–Crippen MR) is 134 cm³/mol. The molecular formula is C27H31N3O6. The lowest BCUT2D eigenvalue weighted by Crippen LogP contribution is -2.31. The second-order valence-corrected chi connectivity index (χ2v) is 8.61. The molecule has 1 aromatic carbocycles. The molecule has 0 aliphatic carbocycles. The van der Waals surface area contributed by atoms with Gasteiger partial charge in [0.1, 0.15) is 11.3 Å². The molecule has 1 aliphatic heterocycles. The van der Waals surface area contributed by atoms with Crippen molar-refractivity contribution in [2.45, 2.75) is 33.2 Å². The van der Waals surface area contributed by atoms with E-state index < -0.39 is 17.7 Å². The van der Waals surface area contributed by atoms with Crippen molar-refractivity contribution in [3.63, 3.8) is 0 Å². The number of imidazole rings is 1. The third-order valence-corrected chi connectivity index (χ3v) is 6.40. The number of ketones is 1. The normalized spacial score (nSPS) is 17.2. The van der Waals surface area contributed by atoms with Crippen molar-refractivity contribution in [1.29, 1.82) is 0 Å². The number of benzene rings is 1. The highest BCUT2D eigenvalue weighted by molar-refractivity contribution is 6.46. The molecule has 1 atom stereocenters. The lowest BCUT2D eigenvalue weighted by molar-refractivity contribution is -0.140. The Kier molecular flexibility index (Phi) is 7.30. The van der Waals surface area contributed by atoms with E-state index in [9.17, 15) is 14.7 Å². The Morgan fingerprint density at radius 2 is 1.92 bits per heavy atom. The third-order valence-electron chi connectivity index (χ3n) is 6.40. The molecule has 0 radical (unpaired) electrons. The molecule has 36 heavy (non-hydrogen) atoms. The van der Waals surface area contributed by atoms with Crippen LogP contribution in [0, 0.1) is 13.8 Å². The van der Waals surface area contributed by atoms with Crippen molar-refractivity contribution >= 4 is 23.1 Å². The number of likely N-dealkylation sites (tertiary alicyclic amines) is 1. The van der Waals surface area contributed by atoms with Gasteiger partial charge in [0.2, 0.25) is 0 Å². The van der Waals surface area contributed by atoms with E-state index in [-0.39, 0.29) is 23.6 Å². The number of aromatic nitrogens is 2. The number of rotatable bonds is 9. The molecule has 0 saturated carbocycles. The summed E-state index contributed by atoms with van der Waals surface area (Å²) in [7, 11) is 3.11. The molecule has 1 N–H and O–H groups in total. The number of carbonyl (C=O) groups excluding carboxylic acids is 2. The van der Waals surface area contributed by atoms with Crippen molar-refractivity contribution in [2.75, 3.05) is 34.0 Å². The minimum Gasteiger partial charge on any atom is -0.505 e. The number of amides is 1. The van der Waals surface area contributed by atoms with E-state index in [4.69, 9.17) is 14.2 Å². The number of fused-ring (bicyclic) bond motifs is 1. The first-order valence-corrected chi connectivity index (χ1v) is 11.9. The number of nitrogens with zero attached hydrogens (tertiary/aromatic N) is 3. The van der Waals surface area contributed by atoms with Crippen LogP contribution in [0.4, 0.5) is 0 Å². The number of Topliss-reactive ketones (excluding diaryl/α,β-unsaturated/α-hetero) is 1. The predicted octanol–water partition coefficient (Wildman–Crippen LogP) is 3.82. The monoisotopic (exact) mass is 493 g/mol. The fourth-order valence-electron chi connectivity index (χ4n) is 4.64. The Morgan fingerprint density at radius 3 is 2.58 bits per heavy atom. The largest absolute Gasteiger partial charge is 0.505 e. The van der Waals surface area contributed by atoms with E-state index in [2.05, 4.69) is 4.98 Å². The quantitative estimate of drug-likeness (QED) is 0.209. The smallest absolute Gasteiger partial charge is 0.295 e. The maximum absolute atomic E-state index is 13.3. The third kappa shape index (κ3) is 4.30. The van der Waals surface area contributed by atoms with Crippen molar-refractivity contribution in [2.24, 2.45) is 0 Å². The first-order valence-electron chi connectivity index (χ1n) is 11.9. The maximum Gasteiger partial charge on any atom is 0.295 e. The number of aliphatic hydroxyl groups excluding tert-OH is 1. The highest BCUT2D eigenvalue weighted by Gasteiger charge is 2.46. The van der Waals surface area contributed by atoms with Crippen molar-refractivity contribution < 1.29 is 28.9 Å². The van der Waals surface area contributed by atoms with Crippen LogP contribution in [0.15, 0.2) is 42.1 Å². The summed E-state index contributed by atoms with van der Waals surface area (Å²) < 4.78 is 18.2. The molecule has 3 aromatic rings. The summed E-state index contributed by atoms with van der Waals surface area (Å²) in [6.07, 6.45) is 2.38. The van der Waals surface area contributed by atoms with Crippen LogP contribution in [0.25, 0.3) is 11.4 Å². The van der Waals surface area contributed by atoms with E-state index in [1.54, 1.807) is 25.3 Å². The van der Waals surface area contributed by atoms with Gasteiger partial charge in [0.05, 0.1) is 31.0 Å². The van der Waals surface area contributed by atoms with Gasteiger partial charge in [0.25, 0.3) is 11.7 Å². The average molecular weight is 494 g/mol. The number of aliphatic hydroxyl groups is 1. The van der Waals surface area contributed by atoms with E-state index in [1.165, 1.54) is 12.0 Å². The van der Waals surface area contributed by atoms with Crippen LogP contribution in [0.1, 0.15) is 41.9 Å². The first-order chi connectivity index (χ1) is 17.3. The molecule has 0 spiro atoms. The van der Waals surface area contributed by atoms with Gasteiger partial charge < -0.3 is 28.6 Å². The second-order valence-electron chi connectivity index (χ2n) is 8.61. The Bertz CT molecular complexity index is 1340. The van der Waals surface area contributed by atoms with Gasteiger partial charge in [-0.05, 0) is 56.5 Å². The molecule has 1 saturated heterocycles. The molecule has 190 valence electrons. The van der Waals surface area contributed by atoms with E-state index in [0.29, 0.717) is 48.0 Å². The van der Waals surface area contributed by atoms with Gasteiger partial charge >= 0.3 is 0 Å². The molecule has 9 heteroatoms.